The van der Waals surface area contributed by atoms with Crippen molar-refractivity contribution in [1.82, 2.24) is 10.6 Å². The van der Waals surface area contributed by atoms with Crippen molar-refractivity contribution in [3.05, 3.63) is 59.7 Å². The summed E-state index contributed by atoms with van der Waals surface area (Å²) in [5, 5.41) is 15.1. The minimum atomic E-state index is -0.802. The summed E-state index contributed by atoms with van der Waals surface area (Å²) in [7, 11) is 0. The Hall–Kier alpha value is -3.35. The Morgan fingerprint density at radius 2 is 1.62 bits per heavy atom. The Bertz CT molecular complexity index is 1060. The molecule has 0 bridgehead atoms. The van der Waals surface area contributed by atoms with Crippen LogP contribution in [0.25, 0.3) is 11.1 Å². The van der Waals surface area contributed by atoms with Gasteiger partial charge >= 0.3 is 12.1 Å². The molecule has 3 N–H and O–H groups in total. The van der Waals surface area contributed by atoms with E-state index < -0.39 is 17.6 Å². The van der Waals surface area contributed by atoms with Gasteiger partial charge in [0.15, 0.2) is 0 Å². The second kappa shape index (κ2) is 9.12. The van der Waals surface area contributed by atoms with Crippen LogP contribution < -0.4 is 10.6 Å². The highest BCUT2D eigenvalue weighted by atomic mass is 16.5. The standard InChI is InChI=1S/C27H30N2O5/c30-24(28-18-11-10-17(14-18)25(31)32)15-27(12-5-13-27)29-26(33)34-16-23-21-8-3-1-6-19(21)20-7-2-4-9-22(20)23/h1-4,6-9,17-18,23H,5,10-16H2,(H,28,30)(H,29,33)(H,31,32)/t17-,18+/m1/s1. The second-order valence-corrected chi connectivity index (χ2v) is 9.87. The number of hydrogen-bond donors (Lipinski definition) is 3. The van der Waals surface area contributed by atoms with E-state index in [4.69, 9.17) is 9.84 Å². The summed E-state index contributed by atoms with van der Waals surface area (Å²) in [6.45, 7) is 0.237. The van der Waals surface area contributed by atoms with Crippen LogP contribution in [-0.2, 0) is 14.3 Å². The van der Waals surface area contributed by atoms with Gasteiger partial charge in [-0.25, -0.2) is 4.79 Å². The molecule has 5 rings (SSSR count). The molecule has 0 spiro atoms. The molecule has 2 atom stereocenters. The fourth-order valence-electron chi connectivity index (χ4n) is 5.72. The van der Waals surface area contributed by atoms with Crippen LogP contribution in [0.1, 0.15) is 62.0 Å². The first-order valence-corrected chi connectivity index (χ1v) is 12.1. The third-order valence-electron chi connectivity index (χ3n) is 7.67. The molecule has 0 aliphatic heterocycles. The number of carboxylic acid groups (broad SMARTS) is 1. The average Bonchev–Trinajstić information content (AvgIpc) is 3.39. The molecule has 0 radical (unpaired) electrons. The first-order valence-electron chi connectivity index (χ1n) is 12.1. The number of carbonyl (C=O) groups is 3. The fraction of sp³-hybridized carbons (Fsp3) is 0.444. The lowest BCUT2D eigenvalue weighted by Crippen LogP contribution is -2.56. The number of nitrogens with one attached hydrogen (secondary N) is 2. The quantitative estimate of drug-likeness (QED) is 0.572. The highest BCUT2D eigenvalue weighted by Gasteiger charge is 2.42. The van der Waals surface area contributed by atoms with E-state index >= 15 is 0 Å². The number of ether oxygens (including phenoxy) is 1. The van der Waals surface area contributed by atoms with Gasteiger partial charge in [0, 0.05) is 18.4 Å². The Morgan fingerprint density at radius 3 is 2.18 bits per heavy atom. The molecule has 178 valence electrons. The first kappa shape index (κ1) is 22.4. The van der Waals surface area contributed by atoms with Gasteiger partial charge in [-0.3, -0.25) is 9.59 Å². The number of alkyl carbamates (subject to hydrolysis) is 1. The van der Waals surface area contributed by atoms with Crippen LogP contribution in [0.15, 0.2) is 48.5 Å². The molecule has 2 aromatic rings. The molecule has 34 heavy (non-hydrogen) atoms. The SMILES string of the molecule is O=C(CC1(NC(=O)OCC2c3ccccc3-c3ccccc32)CCC1)N[C@H]1CC[C@@H](C(=O)O)C1. The zero-order chi connectivity index (χ0) is 23.7. The summed E-state index contributed by atoms with van der Waals surface area (Å²) < 4.78 is 5.68. The maximum absolute atomic E-state index is 12.7. The van der Waals surface area contributed by atoms with Crippen molar-refractivity contribution in [2.45, 2.75) is 62.4 Å². The van der Waals surface area contributed by atoms with E-state index in [2.05, 4.69) is 34.9 Å². The zero-order valence-electron chi connectivity index (χ0n) is 19.1. The van der Waals surface area contributed by atoms with Crippen LogP contribution in [-0.4, -0.2) is 41.3 Å². The highest BCUT2D eigenvalue weighted by molar-refractivity contribution is 5.80. The zero-order valence-corrected chi connectivity index (χ0v) is 19.1. The lowest BCUT2D eigenvalue weighted by Gasteiger charge is -2.41. The Labute approximate surface area is 198 Å². The molecule has 0 unspecified atom stereocenters. The van der Waals surface area contributed by atoms with Crippen molar-refractivity contribution >= 4 is 18.0 Å². The highest BCUT2D eigenvalue weighted by Crippen LogP contribution is 2.44. The molecule has 2 fully saturated rings. The predicted molar refractivity (Wildman–Crippen MR) is 126 cm³/mol. The van der Waals surface area contributed by atoms with Gasteiger partial charge in [0.1, 0.15) is 6.61 Å². The number of amides is 2. The van der Waals surface area contributed by atoms with Crippen molar-refractivity contribution in [2.24, 2.45) is 5.92 Å². The summed E-state index contributed by atoms with van der Waals surface area (Å²) in [4.78, 5) is 36.6. The summed E-state index contributed by atoms with van der Waals surface area (Å²) in [6, 6.07) is 16.3. The molecule has 7 heteroatoms. The number of aliphatic carboxylic acids is 1. The van der Waals surface area contributed by atoms with Crippen molar-refractivity contribution < 1.29 is 24.2 Å². The Kier molecular flexibility index (Phi) is 6.02. The summed E-state index contributed by atoms with van der Waals surface area (Å²) in [5.41, 5.74) is 4.08. The molecule has 0 heterocycles. The van der Waals surface area contributed by atoms with Gasteiger partial charge in [0.2, 0.25) is 5.91 Å². The van der Waals surface area contributed by atoms with Crippen molar-refractivity contribution in [3.63, 3.8) is 0 Å². The monoisotopic (exact) mass is 462 g/mol. The van der Waals surface area contributed by atoms with Gasteiger partial charge < -0.3 is 20.5 Å². The number of carboxylic acids is 1. The van der Waals surface area contributed by atoms with Gasteiger partial charge in [-0.15, -0.1) is 0 Å². The molecule has 2 aromatic carbocycles. The van der Waals surface area contributed by atoms with Gasteiger partial charge in [-0.2, -0.15) is 0 Å². The van der Waals surface area contributed by atoms with E-state index in [1.807, 2.05) is 24.3 Å². The number of benzene rings is 2. The molecule has 0 saturated heterocycles. The minimum absolute atomic E-state index is 0.0108. The fourth-order valence-corrected chi connectivity index (χ4v) is 5.72. The predicted octanol–water partition coefficient (Wildman–Crippen LogP) is 4.21. The van der Waals surface area contributed by atoms with Gasteiger partial charge in [0.25, 0.3) is 0 Å². The van der Waals surface area contributed by atoms with Gasteiger partial charge in [0.05, 0.1) is 11.5 Å². The first-order chi connectivity index (χ1) is 16.4. The van der Waals surface area contributed by atoms with Crippen LogP contribution in [0.3, 0.4) is 0 Å². The van der Waals surface area contributed by atoms with Crippen molar-refractivity contribution in [3.8, 4) is 11.1 Å². The number of hydrogen-bond acceptors (Lipinski definition) is 4. The molecule has 3 aliphatic rings. The van der Waals surface area contributed by atoms with Crippen LogP contribution in [0.4, 0.5) is 4.79 Å². The Balaban J connectivity index is 1.17. The van der Waals surface area contributed by atoms with Crippen LogP contribution in [0.2, 0.25) is 0 Å². The minimum Gasteiger partial charge on any atom is -0.481 e. The number of carbonyl (C=O) groups excluding carboxylic acids is 2. The smallest absolute Gasteiger partial charge is 0.407 e. The van der Waals surface area contributed by atoms with E-state index in [1.165, 1.54) is 11.1 Å². The molecular weight excluding hydrogens is 432 g/mol. The van der Waals surface area contributed by atoms with Crippen LogP contribution >= 0.6 is 0 Å². The molecular formula is C27H30N2O5. The normalized spacial score (nSPS) is 22.2. The second-order valence-electron chi connectivity index (χ2n) is 9.87. The third kappa shape index (κ3) is 4.39. The molecule has 7 nitrogen and oxygen atoms in total. The summed E-state index contributed by atoms with van der Waals surface area (Å²) in [5.74, 6) is -1.34. The maximum atomic E-state index is 12.7. The lowest BCUT2D eigenvalue weighted by molar-refractivity contribution is -0.141. The number of fused-ring (bicyclic) bond motifs is 3. The average molecular weight is 463 g/mol. The molecule has 2 amide bonds. The van der Waals surface area contributed by atoms with Crippen molar-refractivity contribution in [2.75, 3.05) is 6.61 Å². The summed E-state index contributed by atoms with van der Waals surface area (Å²) in [6.07, 6.45) is 3.82. The maximum Gasteiger partial charge on any atom is 0.407 e. The van der Waals surface area contributed by atoms with E-state index in [-0.39, 0.29) is 36.8 Å². The topological polar surface area (TPSA) is 105 Å². The van der Waals surface area contributed by atoms with Gasteiger partial charge in [-0.1, -0.05) is 48.5 Å². The third-order valence-corrected chi connectivity index (χ3v) is 7.67. The van der Waals surface area contributed by atoms with Crippen LogP contribution in [0.5, 0.6) is 0 Å². The van der Waals surface area contributed by atoms with E-state index in [9.17, 15) is 14.4 Å². The molecule has 2 saturated carbocycles. The molecule has 0 aromatic heterocycles. The largest absolute Gasteiger partial charge is 0.481 e. The number of rotatable bonds is 7. The lowest BCUT2D eigenvalue weighted by atomic mass is 9.74. The molecule has 3 aliphatic carbocycles. The van der Waals surface area contributed by atoms with E-state index in [0.29, 0.717) is 19.3 Å². The van der Waals surface area contributed by atoms with Crippen molar-refractivity contribution in [1.29, 1.82) is 0 Å². The van der Waals surface area contributed by atoms with Gasteiger partial charge in [-0.05, 0) is 60.8 Å². The summed E-state index contributed by atoms with van der Waals surface area (Å²) >= 11 is 0. The van der Waals surface area contributed by atoms with E-state index in [0.717, 1.165) is 30.4 Å². The Morgan fingerprint density at radius 1 is 0.971 bits per heavy atom. The van der Waals surface area contributed by atoms with Crippen LogP contribution in [0, 0.1) is 5.92 Å². The van der Waals surface area contributed by atoms with E-state index in [1.54, 1.807) is 0 Å².